The van der Waals surface area contributed by atoms with Crippen molar-refractivity contribution < 1.29 is 26.7 Å². The number of hydrogen-bond donors (Lipinski definition) is 2. The van der Waals surface area contributed by atoms with Crippen LogP contribution >= 0.6 is 12.2 Å². The second-order valence-electron chi connectivity index (χ2n) is 6.99. The summed E-state index contributed by atoms with van der Waals surface area (Å²) in [5.74, 6) is -0.287. The molecule has 2 N–H and O–H groups in total. The van der Waals surface area contributed by atoms with E-state index in [1.165, 1.54) is 23.1 Å². The Labute approximate surface area is 202 Å². The molecule has 184 valence electrons. The Bertz CT molecular complexity index is 1210. The number of anilines is 1. The van der Waals surface area contributed by atoms with Gasteiger partial charge >= 0.3 is 12.3 Å². The SMILES string of the molecule is Cc1ccccc1NC(=S)N/N=C/C/C=C/c1ncn(-c2ccc(OC(F)(F)C(F)(F)F)cc2)n1. The van der Waals surface area contributed by atoms with E-state index in [0.717, 1.165) is 23.4 Å². The monoisotopic (exact) mass is 510 g/mol. The molecule has 3 aromatic rings. The molecule has 35 heavy (non-hydrogen) atoms. The summed E-state index contributed by atoms with van der Waals surface area (Å²) in [4.78, 5) is 4.08. The highest BCUT2D eigenvalue weighted by Gasteiger charge is 2.61. The van der Waals surface area contributed by atoms with Gasteiger partial charge < -0.3 is 10.1 Å². The molecule has 13 heteroatoms. The van der Waals surface area contributed by atoms with Gasteiger partial charge in [-0.05, 0) is 61.1 Å². The Morgan fingerprint density at radius 1 is 1.11 bits per heavy atom. The number of allylic oxidation sites excluding steroid dienone is 1. The number of rotatable bonds is 8. The molecule has 3 rings (SSSR count). The molecule has 0 saturated heterocycles. The smallest absolute Gasteiger partial charge is 0.426 e. The maximum atomic E-state index is 13.0. The van der Waals surface area contributed by atoms with Crippen molar-refractivity contribution in [3.8, 4) is 11.4 Å². The average Bonchev–Trinajstić information content (AvgIpc) is 3.26. The summed E-state index contributed by atoms with van der Waals surface area (Å²) in [6.07, 6.45) is -4.31. The lowest BCUT2D eigenvalue weighted by molar-refractivity contribution is -0.360. The molecule has 0 radical (unpaired) electrons. The standard InChI is InChI=1S/C22H19F5N6OS/c1-15-6-2-3-7-18(15)30-20(35)31-29-13-5-4-8-19-28-14-33(32-19)16-9-11-17(12-10-16)34-22(26,27)21(23,24)25/h2-4,6-14H,5H2,1H3,(H2,30,31,35)/b8-4+,29-13+. The van der Waals surface area contributed by atoms with Gasteiger partial charge in [0.1, 0.15) is 12.1 Å². The molecule has 0 saturated carbocycles. The third kappa shape index (κ3) is 7.30. The average molecular weight is 510 g/mol. The maximum Gasteiger partial charge on any atom is 0.499 e. The summed E-state index contributed by atoms with van der Waals surface area (Å²) >= 11 is 5.18. The van der Waals surface area contributed by atoms with Crippen molar-refractivity contribution in [1.29, 1.82) is 0 Å². The van der Waals surface area contributed by atoms with Crippen LogP contribution in [-0.2, 0) is 0 Å². The summed E-state index contributed by atoms with van der Waals surface area (Å²) in [5, 5.41) is 11.6. The molecule has 2 aromatic carbocycles. The van der Waals surface area contributed by atoms with Gasteiger partial charge in [-0.25, -0.2) is 9.67 Å². The van der Waals surface area contributed by atoms with E-state index in [2.05, 4.69) is 30.7 Å². The summed E-state index contributed by atoms with van der Waals surface area (Å²) in [5.41, 5.74) is 5.02. The van der Waals surface area contributed by atoms with E-state index in [1.807, 2.05) is 31.2 Å². The zero-order valence-corrected chi connectivity index (χ0v) is 18.9. The second-order valence-corrected chi connectivity index (χ2v) is 7.40. The van der Waals surface area contributed by atoms with Crippen molar-refractivity contribution in [2.45, 2.75) is 25.6 Å². The molecule has 0 aliphatic carbocycles. The largest absolute Gasteiger partial charge is 0.499 e. The number of thiocarbonyl (C=S) groups is 1. The number of alkyl halides is 5. The highest BCUT2D eigenvalue weighted by Crippen LogP contribution is 2.37. The molecule has 0 atom stereocenters. The fraction of sp³-hybridized carbons (Fsp3) is 0.182. The minimum Gasteiger partial charge on any atom is -0.426 e. The molecule has 1 aromatic heterocycles. The van der Waals surface area contributed by atoms with Gasteiger partial charge in [0.05, 0.1) is 5.69 Å². The number of hydrogen-bond acceptors (Lipinski definition) is 5. The molecule has 1 heterocycles. The molecular formula is C22H19F5N6OS. The molecule has 0 spiro atoms. The van der Waals surface area contributed by atoms with Crippen molar-refractivity contribution in [3.63, 3.8) is 0 Å². The summed E-state index contributed by atoms with van der Waals surface area (Å²) in [6.45, 7) is 1.96. The zero-order chi connectivity index (χ0) is 25.5. The van der Waals surface area contributed by atoms with E-state index in [4.69, 9.17) is 12.2 Å². The van der Waals surface area contributed by atoms with E-state index in [9.17, 15) is 22.0 Å². The predicted octanol–water partition coefficient (Wildman–Crippen LogP) is 5.49. The number of para-hydroxylation sites is 1. The van der Waals surface area contributed by atoms with Gasteiger partial charge in [0.15, 0.2) is 10.9 Å². The fourth-order valence-electron chi connectivity index (χ4n) is 2.60. The first-order chi connectivity index (χ1) is 16.5. The Hall–Kier alpha value is -3.87. The number of benzene rings is 2. The maximum absolute atomic E-state index is 13.0. The highest BCUT2D eigenvalue weighted by molar-refractivity contribution is 7.80. The molecule has 7 nitrogen and oxygen atoms in total. The predicted molar refractivity (Wildman–Crippen MR) is 126 cm³/mol. The zero-order valence-electron chi connectivity index (χ0n) is 18.1. The van der Waals surface area contributed by atoms with Gasteiger partial charge in [0.25, 0.3) is 0 Å². The van der Waals surface area contributed by atoms with Crippen molar-refractivity contribution in [2.24, 2.45) is 5.10 Å². The number of nitrogens with zero attached hydrogens (tertiary/aromatic N) is 4. The number of nitrogens with one attached hydrogen (secondary N) is 2. The van der Waals surface area contributed by atoms with Crippen LogP contribution in [0.5, 0.6) is 5.75 Å². The number of aryl methyl sites for hydroxylation is 1. The van der Waals surface area contributed by atoms with E-state index >= 15 is 0 Å². The third-order valence-electron chi connectivity index (χ3n) is 4.35. The van der Waals surface area contributed by atoms with Crippen LogP contribution < -0.4 is 15.5 Å². The minimum atomic E-state index is -5.82. The first kappa shape index (κ1) is 25.7. The fourth-order valence-corrected chi connectivity index (χ4v) is 2.77. The van der Waals surface area contributed by atoms with Gasteiger partial charge in [-0.15, -0.1) is 5.10 Å². The van der Waals surface area contributed by atoms with Gasteiger partial charge in [0.2, 0.25) is 0 Å². The second kappa shape index (κ2) is 11.0. The van der Waals surface area contributed by atoms with Gasteiger partial charge in [-0.2, -0.15) is 27.1 Å². The Kier molecular flexibility index (Phi) is 8.12. The molecule has 0 unspecified atom stereocenters. The van der Waals surface area contributed by atoms with Crippen molar-refractivity contribution in [1.82, 2.24) is 20.2 Å². The van der Waals surface area contributed by atoms with E-state index in [-0.39, 0.29) is 0 Å². The van der Waals surface area contributed by atoms with Crippen molar-refractivity contribution >= 4 is 35.3 Å². The van der Waals surface area contributed by atoms with Crippen LogP contribution in [0.4, 0.5) is 27.6 Å². The van der Waals surface area contributed by atoms with Crippen LogP contribution in [0.3, 0.4) is 0 Å². The summed E-state index contributed by atoms with van der Waals surface area (Å²) in [6, 6.07) is 12.2. The minimum absolute atomic E-state index is 0.346. The van der Waals surface area contributed by atoms with Crippen LogP contribution in [-0.4, -0.2) is 38.4 Å². The highest BCUT2D eigenvalue weighted by atomic mass is 32.1. The Morgan fingerprint density at radius 3 is 2.51 bits per heavy atom. The number of ether oxygens (including phenoxy) is 1. The first-order valence-electron chi connectivity index (χ1n) is 10.0. The van der Waals surface area contributed by atoms with Crippen LogP contribution in [0.25, 0.3) is 11.8 Å². The quantitative estimate of drug-likeness (QED) is 0.181. The van der Waals surface area contributed by atoms with Gasteiger partial charge in [-0.3, -0.25) is 5.43 Å². The molecule has 0 fully saturated rings. The Balaban J connectivity index is 1.48. The van der Waals surface area contributed by atoms with Crippen LogP contribution in [0.1, 0.15) is 17.8 Å². The third-order valence-corrected chi connectivity index (χ3v) is 4.54. The van der Waals surface area contributed by atoms with E-state index < -0.39 is 18.0 Å². The van der Waals surface area contributed by atoms with Crippen molar-refractivity contribution in [2.75, 3.05) is 5.32 Å². The molecule has 0 aliphatic heterocycles. The molecular weight excluding hydrogens is 491 g/mol. The van der Waals surface area contributed by atoms with Gasteiger partial charge in [-0.1, -0.05) is 24.3 Å². The van der Waals surface area contributed by atoms with Crippen LogP contribution in [0.2, 0.25) is 0 Å². The first-order valence-corrected chi connectivity index (χ1v) is 10.4. The number of halogens is 5. The molecule has 0 amide bonds. The molecule has 0 aliphatic rings. The van der Waals surface area contributed by atoms with Crippen molar-refractivity contribution in [3.05, 3.63) is 72.3 Å². The number of hydrazone groups is 1. The topological polar surface area (TPSA) is 76.4 Å². The van der Waals surface area contributed by atoms with Crippen LogP contribution in [0, 0.1) is 6.92 Å². The van der Waals surface area contributed by atoms with Crippen LogP contribution in [0.15, 0.2) is 66.0 Å². The lowest BCUT2D eigenvalue weighted by atomic mass is 10.2. The molecule has 0 bridgehead atoms. The Morgan fingerprint density at radius 2 is 1.83 bits per heavy atom. The summed E-state index contributed by atoms with van der Waals surface area (Å²) in [7, 11) is 0. The number of aromatic nitrogens is 3. The van der Waals surface area contributed by atoms with E-state index in [1.54, 1.807) is 18.4 Å². The summed E-state index contributed by atoms with van der Waals surface area (Å²) < 4.78 is 67.8. The normalized spacial score (nSPS) is 12.3. The lowest BCUT2D eigenvalue weighted by Gasteiger charge is -2.20. The van der Waals surface area contributed by atoms with E-state index in [0.29, 0.717) is 23.0 Å². The van der Waals surface area contributed by atoms with Gasteiger partial charge in [0, 0.05) is 18.3 Å². The lowest BCUT2D eigenvalue weighted by Crippen LogP contribution is -2.41.